The Labute approximate surface area is 172 Å². The lowest BCUT2D eigenvalue weighted by Crippen LogP contribution is -2.46. The van der Waals surface area contributed by atoms with Gasteiger partial charge in [-0.05, 0) is 42.4 Å². The van der Waals surface area contributed by atoms with E-state index < -0.39 is 0 Å². The normalized spacial score (nSPS) is 14.8. The van der Waals surface area contributed by atoms with E-state index in [9.17, 15) is 4.79 Å². The van der Waals surface area contributed by atoms with Crippen LogP contribution in [0.15, 0.2) is 48.5 Å². The molecular formula is C23H29N3O3. The van der Waals surface area contributed by atoms with E-state index in [1.54, 1.807) is 20.3 Å². The number of rotatable bonds is 7. The van der Waals surface area contributed by atoms with Crippen molar-refractivity contribution in [3.63, 3.8) is 0 Å². The summed E-state index contributed by atoms with van der Waals surface area (Å²) < 4.78 is 10.6. The fraction of sp³-hybridized carbons (Fsp3) is 0.348. The van der Waals surface area contributed by atoms with Gasteiger partial charge in [0.05, 0.1) is 25.6 Å². The Kier molecular flexibility index (Phi) is 7.14. The molecule has 0 radical (unpaired) electrons. The molecule has 6 nitrogen and oxygen atoms in total. The van der Waals surface area contributed by atoms with Gasteiger partial charge in [-0.15, -0.1) is 0 Å². The molecular weight excluding hydrogens is 366 g/mol. The molecule has 0 saturated carbocycles. The van der Waals surface area contributed by atoms with Crippen molar-refractivity contribution in [3.05, 3.63) is 54.1 Å². The SMILES string of the molecule is CCN1CCN(c2ccccc2NC(=O)/C=C/c2ccc(OC)c(OC)c2)CC1. The van der Waals surface area contributed by atoms with Crippen LogP contribution in [0.1, 0.15) is 12.5 Å². The second-order valence-corrected chi connectivity index (χ2v) is 6.88. The maximum absolute atomic E-state index is 12.5. The Morgan fingerprint density at radius 1 is 1.03 bits per heavy atom. The topological polar surface area (TPSA) is 54.0 Å². The molecule has 0 aliphatic carbocycles. The van der Waals surface area contributed by atoms with Crippen LogP contribution in [0.2, 0.25) is 0 Å². The Morgan fingerprint density at radius 2 is 1.76 bits per heavy atom. The maximum Gasteiger partial charge on any atom is 0.248 e. The third kappa shape index (κ3) is 5.29. The zero-order chi connectivity index (χ0) is 20.6. The highest BCUT2D eigenvalue weighted by Gasteiger charge is 2.18. The monoisotopic (exact) mass is 395 g/mol. The molecule has 0 atom stereocenters. The van der Waals surface area contributed by atoms with Gasteiger partial charge in [0.15, 0.2) is 11.5 Å². The summed E-state index contributed by atoms with van der Waals surface area (Å²) in [6.07, 6.45) is 3.30. The first-order valence-electron chi connectivity index (χ1n) is 9.92. The summed E-state index contributed by atoms with van der Waals surface area (Å²) in [7, 11) is 3.19. The van der Waals surface area contributed by atoms with Crippen molar-refractivity contribution in [2.75, 3.05) is 57.2 Å². The number of hydrogen-bond donors (Lipinski definition) is 1. The Balaban J connectivity index is 1.68. The van der Waals surface area contributed by atoms with E-state index in [1.807, 2.05) is 36.4 Å². The summed E-state index contributed by atoms with van der Waals surface area (Å²) in [5, 5.41) is 3.02. The van der Waals surface area contributed by atoms with Crippen LogP contribution in [0.3, 0.4) is 0 Å². The number of hydrogen-bond acceptors (Lipinski definition) is 5. The zero-order valence-electron chi connectivity index (χ0n) is 17.4. The van der Waals surface area contributed by atoms with Crippen LogP contribution in [-0.4, -0.2) is 57.8 Å². The van der Waals surface area contributed by atoms with Crippen molar-refractivity contribution >= 4 is 23.4 Å². The van der Waals surface area contributed by atoms with Gasteiger partial charge in [-0.1, -0.05) is 25.1 Å². The standard InChI is InChI=1S/C23H29N3O3/c1-4-25-13-15-26(16-14-25)20-8-6-5-7-19(20)24-23(27)12-10-18-9-11-21(28-2)22(17-18)29-3/h5-12,17H,4,13-16H2,1-3H3,(H,24,27)/b12-10+. The number of amides is 1. The van der Waals surface area contributed by atoms with E-state index in [-0.39, 0.29) is 5.91 Å². The molecule has 0 spiro atoms. The number of likely N-dealkylation sites (N-methyl/N-ethyl adjacent to an activating group) is 1. The molecule has 2 aromatic carbocycles. The number of para-hydroxylation sites is 2. The van der Waals surface area contributed by atoms with Crippen LogP contribution < -0.4 is 19.7 Å². The third-order valence-corrected chi connectivity index (χ3v) is 5.16. The molecule has 6 heteroatoms. The molecule has 1 N–H and O–H groups in total. The van der Waals surface area contributed by atoms with Crippen LogP contribution in [0, 0.1) is 0 Å². The van der Waals surface area contributed by atoms with Crippen LogP contribution in [0.5, 0.6) is 11.5 Å². The van der Waals surface area contributed by atoms with Crippen molar-refractivity contribution in [2.24, 2.45) is 0 Å². The first-order valence-corrected chi connectivity index (χ1v) is 9.92. The lowest BCUT2D eigenvalue weighted by atomic mass is 10.2. The van der Waals surface area contributed by atoms with Crippen molar-refractivity contribution in [2.45, 2.75) is 6.92 Å². The molecule has 1 saturated heterocycles. The highest BCUT2D eigenvalue weighted by Crippen LogP contribution is 2.29. The quantitative estimate of drug-likeness (QED) is 0.728. The summed E-state index contributed by atoms with van der Waals surface area (Å²) in [4.78, 5) is 17.3. The Hall–Kier alpha value is -2.99. The third-order valence-electron chi connectivity index (χ3n) is 5.16. The van der Waals surface area contributed by atoms with Gasteiger partial charge in [-0.2, -0.15) is 0 Å². The average Bonchev–Trinajstić information content (AvgIpc) is 2.78. The fourth-order valence-electron chi connectivity index (χ4n) is 3.46. The number of ether oxygens (including phenoxy) is 2. The van der Waals surface area contributed by atoms with E-state index in [0.717, 1.165) is 49.7 Å². The molecule has 2 aromatic rings. The highest BCUT2D eigenvalue weighted by atomic mass is 16.5. The van der Waals surface area contributed by atoms with Gasteiger partial charge in [0, 0.05) is 32.3 Å². The number of carbonyl (C=O) groups excluding carboxylic acids is 1. The molecule has 1 amide bonds. The minimum atomic E-state index is -0.167. The Morgan fingerprint density at radius 3 is 2.45 bits per heavy atom. The van der Waals surface area contributed by atoms with E-state index in [4.69, 9.17) is 9.47 Å². The van der Waals surface area contributed by atoms with Crippen molar-refractivity contribution in [1.82, 2.24) is 4.90 Å². The summed E-state index contributed by atoms with van der Waals surface area (Å²) in [6, 6.07) is 13.5. The molecule has 0 unspecified atom stereocenters. The van der Waals surface area contributed by atoms with Gasteiger partial charge < -0.3 is 24.6 Å². The minimum absolute atomic E-state index is 0.167. The number of piperazine rings is 1. The summed E-state index contributed by atoms with van der Waals surface area (Å²) in [5.74, 6) is 1.12. The lowest BCUT2D eigenvalue weighted by molar-refractivity contribution is -0.111. The second kappa shape index (κ2) is 9.98. The number of benzene rings is 2. The predicted octanol–water partition coefficient (Wildman–Crippen LogP) is 3.50. The van der Waals surface area contributed by atoms with Crippen molar-refractivity contribution in [1.29, 1.82) is 0 Å². The van der Waals surface area contributed by atoms with E-state index >= 15 is 0 Å². The molecule has 0 bridgehead atoms. The molecule has 1 fully saturated rings. The molecule has 1 aliphatic heterocycles. The highest BCUT2D eigenvalue weighted by molar-refractivity contribution is 6.03. The number of anilines is 2. The first-order chi connectivity index (χ1) is 14.1. The van der Waals surface area contributed by atoms with Crippen LogP contribution in [0.4, 0.5) is 11.4 Å². The molecule has 154 valence electrons. The van der Waals surface area contributed by atoms with Crippen LogP contribution >= 0.6 is 0 Å². The van der Waals surface area contributed by atoms with E-state index in [1.165, 1.54) is 6.08 Å². The van der Waals surface area contributed by atoms with Gasteiger partial charge in [-0.3, -0.25) is 4.79 Å². The maximum atomic E-state index is 12.5. The summed E-state index contributed by atoms with van der Waals surface area (Å²) in [5.41, 5.74) is 2.76. The second-order valence-electron chi connectivity index (χ2n) is 6.88. The molecule has 0 aromatic heterocycles. The molecule has 1 aliphatic rings. The average molecular weight is 396 g/mol. The fourth-order valence-corrected chi connectivity index (χ4v) is 3.46. The van der Waals surface area contributed by atoms with Gasteiger partial charge in [0.25, 0.3) is 0 Å². The minimum Gasteiger partial charge on any atom is -0.493 e. The van der Waals surface area contributed by atoms with Gasteiger partial charge in [0.1, 0.15) is 0 Å². The van der Waals surface area contributed by atoms with Crippen LogP contribution in [-0.2, 0) is 4.79 Å². The van der Waals surface area contributed by atoms with Gasteiger partial charge in [0.2, 0.25) is 5.91 Å². The molecule has 3 rings (SSSR count). The van der Waals surface area contributed by atoms with Gasteiger partial charge in [-0.25, -0.2) is 0 Å². The van der Waals surface area contributed by atoms with Gasteiger partial charge >= 0.3 is 0 Å². The Bertz CT molecular complexity index is 858. The molecule has 1 heterocycles. The van der Waals surface area contributed by atoms with Crippen molar-refractivity contribution in [3.8, 4) is 11.5 Å². The van der Waals surface area contributed by atoms with Crippen LogP contribution in [0.25, 0.3) is 6.08 Å². The number of nitrogens with zero attached hydrogens (tertiary/aromatic N) is 2. The number of methoxy groups -OCH3 is 2. The lowest BCUT2D eigenvalue weighted by Gasteiger charge is -2.36. The smallest absolute Gasteiger partial charge is 0.248 e. The molecule has 29 heavy (non-hydrogen) atoms. The van der Waals surface area contributed by atoms with E-state index in [2.05, 4.69) is 28.1 Å². The summed E-state index contributed by atoms with van der Waals surface area (Å²) >= 11 is 0. The van der Waals surface area contributed by atoms with E-state index in [0.29, 0.717) is 11.5 Å². The first kappa shape index (κ1) is 20.7. The summed E-state index contributed by atoms with van der Waals surface area (Å²) in [6.45, 7) is 7.27. The zero-order valence-corrected chi connectivity index (χ0v) is 17.4. The largest absolute Gasteiger partial charge is 0.493 e. The predicted molar refractivity (Wildman–Crippen MR) is 118 cm³/mol. The van der Waals surface area contributed by atoms with Crippen molar-refractivity contribution < 1.29 is 14.3 Å². The number of nitrogens with one attached hydrogen (secondary N) is 1. The number of carbonyl (C=O) groups is 1.